The number of hydrogen-bond acceptors (Lipinski definition) is 5. The Bertz CT molecular complexity index is 1040. The van der Waals surface area contributed by atoms with Gasteiger partial charge in [0, 0.05) is 0 Å². The maximum absolute atomic E-state index is 12.2. The number of aryl methyl sites for hydroxylation is 1. The Labute approximate surface area is 148 Å². The van der Waals surface area contributed by atoms with Gasteiger partial charge in [0.1, 0.15) is 0 Å². The molecule has 0 bridgehead atoms. The summed E-state index contributed by atoms with van der Waals surface area (Å²) in [6.07, 6.45) is 3.40. The van der Waals surface area contributed by atoms with Gasteiger partial charge in [0.15, 0.2) is 5.17 Å². The SMILES string of the molecule is Cc1ccccc1N=C1NC(=O)/C(=C\c2cnc3ccccc3n2)S1. The zero-order valence-corrected chi connectivity index (χ0v) is 14.2. The van der Waals surface area contributed by atoms with Crippen LogP contribution in [0.2, 0.25) is 0 Å². The van der Waals surface area contributed by atoms with Crippen molar-refractivity contribution in [2.45, 2.75) is 6.92 Å². The van der Waals surface area contributed by atoms with Crippen LogP contribution in [0.25, 0.3) is 17.1 Å². The van der Waals surface area contributed by atoms with E-state index in [1.165, 1.54) is 11.8 Å². The molecule has 2 heterocycles. The second-order valence-corrected chi connectivity index (χ2v) is 6.58. The Morgan fingerprint density at radius 2 is 1.84 bits per heavy atom. The van der Waals surface area contributed by atoms with Crippen molar-refractivity contribution in [1.29, 1.82) is 0 Å². The third-order valence-corrected chi connectivity index (χ3v) is 4.64. The first-order valence-electron chi connectivity index (χ1n) is 7.76. The van der Waals surface area contributed by atoms with Crippen LogP contribution in [-0.4, -0.2) is 21.0 Å². The van der Waals surface area contributed by atoms with Gasteiger partial charge in [-0.15, -0.1) is 0 Å². The van der Waals surface area contributed by atoms with Gasteiger partial charge in [0.05, 0.1) is 33.5 Å². The Hall–Kier alpha value is -2.99. The largest absolute Gasteiger partial charge is 0.300 e. The smallest absolute Gasteiger partial charge is 0.264 e. The molecule has 1 aromatic heterocycles. The van der Waals surface area contributed by atoms with Gasteiger partial charge in [0.2, 0.25) is 0 Å². The van der Waals surface area contributed by atoms with E-state index in [0.717, 1.165) is 22.3 Å². The molecule has 1 fully saturated rings. The molecule has 1 amide bonds. The molecule has 1 aliphatic rings. The number of amidine groups is 1. The second kappa shape index (κ2) is 6.49. The monoisotopic (exact) mass is 346 g/mol. The van der Waals surface area contributed by atoms with Gasteiger partial charge >= 0.3 is 0 Å². The number of benzene rings is 2. The number of carbonyl (C=O) groups is 1. The molecule has 3 aromatic rings. The van der Waals surface area contributed by atoms with Crippen molar-refractivity contribution in [2.24, 2.45) is 4.99 Å². The minimum absolute atomic E-state index is 0.174. The summed E-state index contributed by atoms with van der Waals surface area (Å²) >= 11 is 1.31. The first kappa shape index (κ1) is 15.5. The number of nitrogens with one attached hydrogen (secondary N) is 1. The molecule has 0 aliphatic carbocycles. The summed E-state index contributed by atoms with van der Waals surface area (Å²) in [6.45, 7) is 1.99. The third kappa shape index (κ3) is 3.29. The number of aromatic nitrogens is 2. The number of hydrogen-bond donors (Lipinski definition) is 1. The molecular weight excluding hydrogens is 332 g/mol. The van der Waals surface area contributed by atoms with E-state index < -0.39 is 0 Å². The predicted molar refractivity (Wildman–Crippen MR) is 102 cm³/mol. The average Bonchev–Trinajstić information content (AvgIpc) is 2.96. The molecule has 2 aromatic carbocycles. The van der Waals surface area contributed by atoms with E-state index in [0.29, 0.717) is 15.8 Å². The molecule has 25 heavy (non-hydrogen) atoms. The molecule has 5 nitrogen and oxygen atoms in total. The van der Waals surface area contributed by atoms with Gasteiger partial charge in [-0.05, 0) is 48.5 Å². The van der Waals surface area contributed by atoms with Crippen molar-refractivity contribution in [2.75, 3.05) is 0 Å². The molecule has 6 heteroatoms. The lowest BCUT2D eigenvalue weighted by molar-refractivity contribution is -0.115. The molecular formula is C19H14N4OS. The predicted octanol–water partition coefficient (Wildman–Crippen LogP) is 3.83. The first-order chi connectivity index (χ1) is 12.2. The summed E-state index contributed by atoms with van der Waals surface area (Å²) in [4.78, 5) is 26.2. The fourth-order valence-electron chi connectivity index (χ4n) is 2.45. The van der Waals surface area contributed by atoms with Crippen LogP contribution in [0.1, 0.15) is 11.3 Å². The summed E-state index contributed by atoms with van der Waals surface area (Å²) < 4.78 is 0. The topological polar surface area (TPSA) is 67.2 Å². The fourth-order valence-corrected chi connectivity index (χ4v) is 3.27. The van der Waals surface area contributed by atoms with E-state index in [-0.39, 0.29) is 5.91 Å². The van der Waals surface area contributed by atoms with E-state index in [1.54, 1.807) is 12.3 Å². The summed E-state index contributed by atoms with van der Waals surface area (Å²) in [5.41, 5.74) is 4.18. The Morgan fingerprint density at radius 3 is 2.68 bits per heavy atom. The maximum Gasteiger partial charge on any atom is 0.264 e. The van der Waals surface area contributed by atoms with E-state index in [1.807, 2.05) is 55.5 Å². The number of aliphatic imine (C=N–C) groups is 1. The number of nitrogens with zero attached hydrogens (tertiary/aromatic N) is 3. The molecule has 1 aliphatic heterocycles. The van der Waals surface area contributed by atoms with Crippen LogP contribution in [0.3, 0.4) is 0 Å². The lowest BCUT2D eigenvalue weighted by atomic mass is 10.2. The molecule has 4 rings (SSSR count). The molecule has 122 valence electrons. The quantitative estimate of drug-likeness (QED) is 0.716. The standard InChI is InChI=1S/C19H14N4OS/c1-12-6-2-3-7-14(12)22-19-23-18(24)17(25-19)10-13-11-20-15-8-4-5-9-16(15)21-13/h2-11H,1H3,(H,22,23,24)/b17-10+. The van der Waals surface area contributed by atoms with Crippen LogP contribution >= 0.6 is 11.8 Å². The molecule has 1 saturated heterocycles. The van der Waals surface area contributed by atoms with Crippen molar-refractivity contribution >= 4 is 45.6 Å². The highest BCUT2D eigenvalue weighted by molar-refractivity contribution is 8.18. The number of carbonyl (C=O) groups excluding carboxylic acids is 1. The minimum Gasteiger partial charge on any atom is -0.300 e. The highest BCUT2D eigenvalue weighted by Gasteiger charge is 2.24. The molecule has 0 spiro atoms. The third-order valence-electron chi connectivity index (χ3n) is 3.73. The van der Waals surface area contributed by atoms with Crippen molar-refractivity contribution < 1.29 is 4.79 Å². The fraction of sp³-hybridized carbons (Fsp3) is 0.0526. The lowest BCUT2D eigenvalue weighted by Crippen LogP contribution is -2.19. The van der Waals surface area contributed by atoms with Crippen molar-refractivity contribution in [1.82, 2.24) is 15.3 Å². The van der Waals surface area contributed by atoms with Gasteiger partial charge in [0.25, 0.3) is 5.91 Å². The number of thioether (sulfide) groups is 1. The normalized spacial score (nSPS) is 17.4. The van der Waals surface area contributed by atoms with E-state index >= 15 is 0 Å². The van der Waals surface area contributed by atoms with Crippen LogP contribution in [0.4, 0.5) is 5.69 Å². The van der Waals surface area contributed by atoms with Gasteiger partial charge in [-0.2, -0.15) is 0 Å². The van der Waals surface area contributed by atoms with Crippen LogP contribution < -0.4 is 5.32 Å². The first-order valence-corrected chi connectivity index (χ1v) is 8.58. The number of fused-ring (bicyclic) bond motifs is 1. The Balaban J connectivity index is 1.63. The van der Waals surface area contributed by atoms with E-state index in [4.69, 9.17) is 0 Å². The molecule has 1 N–H and O–H groups in total. The van der Waals surface area contributed by atoms with Crippen LogP contribution in [-0.2, 0) is 4.79 Å². The molecule has 0 atom stereocenters. The zero-order valence-electron chi connectivity index (χ0n) is 13.4. The molecule has 0 saturated carbocycles. The summed E-state index contributed by atoms with van der Waals surface area (Å²) in [6, 6.07) is 15.4. The maximum atomic E-state index is 12.2. The van der Waals surface area contributed by atoms with E-state index in [2.05, 4.69) is 20.3 Å². The zero-order chi connectivity index (χ0) is 17.2. The number of rotatable bonds is 2. The van der Waals surface area contributed by atoms with Crippen molar-refractivity contribution in [3.63, 3.8) is 0 Å². The average molecular weight is 346 g/mol. The Morgan fingerprint density at radius 1 is 1.08 bits per heavy atom. The second-order valence-electron chi connectivity index (χ2n) is 5.55. The van der Waals surface area contributed by atoms with Crippen LogP contribution in [0, 0.1) is 6.92 Å². The Kier molecular flexibility index (Phi) is 4.03. The lowest BCUT2D eigenvalue weighted by Gasteiger charge is -1.99. The molecule has 0 unspecified atom stereocenters. The highest BCUT2D eigenvalue weighted by Crippen LogP contribution is 2.28. The van der Waals surface area contributed by atoms with Crippen LogP contribution in [0.5, 0.6) is 0 Å². The van der Waals surface area contributed by atoms with Gasteiger partial charge in [-0.25, -0.2) is 9.98 Å². The summed E-state index contributed by atoms with van der Waals surface area (Å²) in [5.74, 6) is -0.174. The van der Waals surface area contributed by atoms with E-state index in [9.17, 15) is 4.79 Å². The van der Waals surface area contributed by atoms with Gasteiger partial charge in [-0.1, -0.05) is 30.3 Å². The van der Waals surface area contributed by atoms with Crippen molar-refractivity contribution in [3.05, 3.63) is 70.9 Å². The summed E-state index contributed by atoms with van der Waals surface area (Å²) in [7, 11) is 0. The van der Waals surface area contributed by atoms with Gasteiger partial charge < -0.3 is 5.32 Å². The summed E-state index contributed by atoms with van der Waals surface area (Å²) in [5, 5.41) is 3.36. The van der Waals surface area contributed by atoms with Gasteiger partial charge in [-0.3, -0.25) is 9.78 Å². The number of amides is 1. The van der Waals surface area contributed by atoms with Crippen molar-refractivity contribution in [3.8, 4) is 0 Å². The minimum atomic E-state index is -0.174. The molecule has 0 radical (unpaired) electrons. The van der Waals surface area contributed by atoms with Crippen LogP contribution in [0.15, 0.2) is 64.6 Å². The highest BCUT2D eigenvalue weighted by atomic mass is 32.2. The number of para-hydroxylation sites is 3.